The molecular weight excluding hydrogens is 540 g/mol. The molecule has 4 heterocycles. The number of nitrogens with one attached hydrogen (secondary N) is 2. The summed E-state index contributed by atoms with van der Waals surface area (Å²) in [4.78, 5) is 46.3. The van der Waals surface area contributed by atoms with Gasteiger partial charge in [-0.15, -0.1) is 0 Å². The lowest BCUT2D eigenvalue weighted by Gasteiger charge is -2.38. The maximum atomic E-state index is 14.3. The summed E-state index contributed by atoms with van der Waals surface area (Å²) in [7, 11) is 0. The SMILES string of the molecule is CC1CCCC(NC(=O)C2N(CCN3CCCCCC3)C(=O)[C@@H]3C(C(=O)Nc4ccc(Cl)cc4)[C@@H]4C=CC23O4)C1C. The van der Waals surface area contributed by atoms with Crippen molar-refractivity contribution >= 4 is 35.0 Å². The zero-order valence-electron chi connectivity index (χ0n) is 24.2. The van der Waals surface area contributed by atoms with E-state index in [1.54, 1.807) is 29.2 Å². The lowest BCUT2D eigenvalue weighted by molar-refractivity contribution is -0.141. The normalized spacial score (nSPS) is 36.7. The van der Waals surface area contributed by atoms with Crippen LogP contribution in [0.5, 0.6) is 0 Å². The van der Waals surface area contributed by atoms with Crippen molar-refractivity contribution in [1.29, 1.82) is 0 Å². The van der Waals surface area contributed by atoms with Gasteiger partial charge in [-0.3, -0.25) is 14.4 Å². The Morgan fingerprint density at radius 2 is 1.73 bits per heavy atom. The number of halogens is 1. The van der Waals surface area contributed by atoms with Crippen LogP contribution in [0.25, 0.3) is 0 Å². The molecule has 3 amide bonds. The molecule has 222 valence electrons. The number of anilines is 1. The summed E-state index contributed by atoms with van der Waals surface area (Å²) in [6.45, 7) is 7.63. The molecule has 3 saturated heterocycles. The highest BCUT2D eigenvalue weighted by molar-refractivity contribution is 6.30. The molecule has 8 atom stereocenters. The Labute approximate surface area is 248 Å². The van der Waals surface area contributed by atoms with Crippen molar-refractivity contribution in [3.05, 3.63) is 41.4 Å². The molecule has 1 aliphatic carbocycles. The first-order valence-electron chi connectivity index (χ1n) is 15.6. The number of nitrogens with zero attached hydrogens (tertiary/aromatic N) is 2. The predicted molar refractivity (Wildman–Crippen MR) is 158 cm³/mol. The molecule has 1 aromatic rings. The van der Waals surface area contributed by atoms with Crippen LogP contribution in [0.2, 0.25) is 5.02 Å². The van der Waals surface area contributed by atoms with E-state index in [1.807, 2.05) is 12.2 Å². The number of rotatable bonds is 7. The van der Waals surface area contributed by atoms with Gasteiger partial charge in [0.15, 0.2) is 0 Å². The van der Waals surface area contributed by atoms with Crippen molar-refractivity contribution in [2.45, 2.75) is 82.6 Å². The minimum atomic E-state index is -1.14. The summed E-state index contributed by atoms with van der Waals surface area (Å²) in [5, 5.41) is 6.88. The summed E-state index contributed by atoms with van der Waals surface area (Å²) in [5.74, 6) is -1.16. The number of amides is 3. The molecule has 0 aromatic heterocycles. The third kappa shape index (κ3) is 5.32. The minimum Gasteiger partial charge on any atom is -0.359 e. The number of carbonyl (C=O) groups is 3. The topological polar surface area (TPSA) is 91.0 Å². The quantitative estimate of drug-likeness (QED) is 0.469. The summed E-state index contributed by atoms with van der Waals surface area (Å²) >= 11 is 6.03. The molecule has 5 aliphatic rings. The van der Waals surface area contributed by atoms with Crippen LogP contribution < -0.4 is 10.6 Å². The molecule has 1 spiro atoms. The van der Waals surface area contributed by atoms with Crippen molar-refractivity contribution in [2.24, 2.45) is 23.7 Å². The van der Waals surface area contributed by atoms with Crippen LogP contribution in [0.4, 0.5) is 5.69 Å². The van der Waals surface area contributed by atoms with Crippen molar-refractivity contribution in [1.82, 2.24) is 15.1 Å². The smallest absolute Gasteiger partial charge is 0.246 e. The van der Waals surface area contributed by atoms with E-state index in [1.165, 1.54) is 19.3 Å². The van der Waals surface area contributed by atoms with Gasteiger partial charge in [0.05, 0.1) is 17.9 Å². The molecule has 4 aliphatic heterocycles. The molecule has 6 rings (SSSR count). The second-order valence-corrected chi connectivity index (χ2v) is 13.3. The highest BCUT2D eigenvalue weighted by Gasteiger charge is 2.72. The van der Waals surface area contributed by atoms with E-state index in [0.717, 1.165) is 38.8 Å². The molecule has 6 unspecified atom stereocenters. The molecule has 2 N–H and O–H groups in total. The number of ether oxygens (including phenoxy) is 1. The Morgan fingerprint density at radius 1 is 1.00 bits per heavy atom. The number of likely N-dealkylation sites (tertiary alicyclic amines) is 2. The van der Waals surface area contributed by atoms with E-state index in [4.69, 9.17) is 16.3 Å². The standard InChI is InChI=1S/C32H43ClN4O4/c1-20-8-7-9-24(21(20)2)35-30(39)28-32-15-14-25(41-32)26(29(38)34-23-12-10-22(33)11-13-23)27(32)31(40)37(28)19-18-36-16-5-3-4-6-17-36/h10-15,20-21,24-28H,3-9,16-19H2,1-2H3,(H,34,38)(H,35,39)/t20?,21?,24?,25-,26?,27-,28?,32?/m0/s1. The van der Waals surface area contributed by atoms with Crippen LogP contribution in [0.3, 0.4) is 0 Å². The second-order valence-electron chi connectivity index (χ2n) is 12.9. The second kappa shape index (κ2) is 11.7. The fourth-order valence-electron chi connectivity index (χ4n) is 7.92. The lowest BCUT2D eigenvalue weighted by Crippen LogP contribution is -2.58. The first-order valence-corrected chi connectivity index (χ1v) is 15.9. The van der Waals surface area contributed by atoms with Crippen LogP contribution in [-0.2, 0) is 19.1 Å². The molecule has 1 aromatic carbocycles. The summed E-state index contributed by atoms with van der Waals surface area (Å²) < 4.78 is 6.53. The molecule has 8 nitrogen and oxygen atoms in total. The Hall–Kier alpha value is -2.42. The largest absolute Gasteiger partial charge is 0.359 e. The van der Waals surface area contributed by atoms with Crippen molar-refractivity contribution in [3.63, 3.8) is 0 Å². The highest BCUT2D eigenvalue weighted by atomic mass is 35.5. The van der Waals surface area contributed by atoms with E-state index in [0.29, 0.717) is 35.6 Å². The van der Waals surface area contributed by atoms with E-state index in [9.17, 15) is 14.4 Å². The average molecular weight is 583 g/mol. The number of hydrogen-bond donors (Lipinski definition) is 2. The number of fused-ring (bicyclic) bond motifs is 1. The van der Waals surface area contributed by atoms with Gasteiger partial charge < -0.3 is 25.2 Å². The van der Waals surface area contributed by atoms with Gasteiger partial charge in [0.2, 0.25) is 17.7 Å². The Bertz CT molecular complexity index is 1180. The molecular formula is C32H43ClN4O4. The number of benzene rings is 1. The van der Waals surface area contributed by atoms with E-state index < -0.39 is 29.6 Å². The van der Waals surface area contributed by atoms with Gasteiger partial charge in [-0.05, 0) is 68.5 Å². The molecule has 4 fully saturated rings. The zero-order chi connectivity index (χ0) is 28.7. The van der Waals surface area contributed by atoms with Gasteiger partial charge in [0.1, 0.15) is 11.6 Å². The zero-order valence-corrected chi connectivity index (χ0v) is 24.9. The monoisotopic (exact) mass is 582 g/mol. The maximum absolute atomic E-state index is 14.3. The maximum Gasteiger partial charge on any atom is 0.246 e. The first kappa shape index (κ1) is 28.7. The van der Waals surface area contributed by atoms with E-state index >= 15 is 0 Å². The third-order valence-electron chi connectivity index (χ3n) is 10.4. The Kier molecular flexibility index (Phi) is 8.18. The average Bonchev–Trinajstić information content (AvgIpc) is 3.50. The van der Waals surface area contributed by atoms with Gasteiger partial charge >= 0.3 is 0 Å². The highest BCUT2D eigenvalue weighted by Crippen LogP contribution is 2.55. The van der Waals surface area contributed by atoms with Crippen LogP contribution in [0.15, 0.2) is 36.4 Å². The fourth-order valence-corrected chi connectivity index (χ4v) is 8.05. The molecule has 0 radical (unpaired) electrons. The van der Waals surface area contributed by atoms with Gasteiger partial charge in [0, 0.05) is 29.8 Å². The van der Waals surface area contributed by atoms with Crippen LogP contribution in [0, 0.1) is 23.7 Å². The minimum absolute atomic E-state index is 0.0656. The van der Waals surface area contributed by atoms with Crippen LogP contribution in [0.1, 0.15) is 58.8 Å². The molecule has 2 bridgehead atoms. The van der Waals surface area contributed by atoms with E-state index in [-0.39, 0.29) is 23.8 Å². The van der Waals surface area contributed by atoms with Gasteiger partial charge in [0.25, 0.3) is 0 Å². The summed E-state index contributed by atoms with van der Waals surface area (Å²) in [5.41, 5.74) is -0.533. The Balaban J connectivity index is 1.27. The summed E-state index contributed by atoms with van der Waals surface area (Å²) in [6, 6.07) is 6.18. The van der Waals surface area contributed by atoms with Crippen molar-refractivity contribution in [3.8, 4) is 0 Å². The predicted octanol–water partition coefficient (Wildman–Crippen LogP) is 4.25. The number of carbonyl (C=O) groups excluding carboxylic acids is 3. The van der Waals surface area contributed by atoms with E-state index in [2.05, 4.69) is 29.4 Å². The van der Waals surface area contributed by atoms with Gasteiger partial charge in [-0.1, -0.05) is 63.3 Å². The first-order chi connectivity index (χ1) is 19.8. The van der Waals surface area contributed by atoms with Gasteiger partial charge in [-0.2, -0.15) is 0 Å². The molecule has 41 heavy (non-hydrogen) atoms. The van der Waals surface area contributed by atoms with Crippen molar-refractivity contribution < 1.29 is 19.1 Å². The fraction of sp³-hybridized carbons (Fsp3) is 0.656. The lowest BCUT2D eigenvalue weighted by atomic mass is 9.73. The van der Waals surface area contributed by atoms with Crippen LogP contribution in [-0.4, -0.2) is 77.5 Å². The van der Waals surface area contributed by atoms with Gasteiger partial charge in [-0.25, -0.2) is 0 Å². The molecule has 1 saturated carbocycles. The Morgan fingerprint density at radius 3 is 2.46 bits per heavy atom. The summed E-state index contributed by atoms with van der Waals surface area (Å²) in [6.07, 6.45) is 11.2. The van der Waals surface area contributed by atoms with Crippen LogP contribution >= 0.6 is 11.6 Å². The van der Waals surface area contributed by atoms with Crippen molar-refractivity contribution in [2.75, 3.05) is 31.5 Å². The third-order valence-corrected chi connectivity index (χ3v) is 10.7. The molecule has 9 heteroatoms. The number of hydrogen-bond acceptors (Lipinski definition) is 5.